The Kier molecular flexibility index (Phi) is 4.83. The minimum atomic E-state index is -0.0224. The molecule has 100 valence electrons. The molecule has 1 unspecified atom stereocenters. The van der Waals surface area contributed by atoms with Crippen molar-refractivity contribution in [2.75, 3.05) is 25.1 Å². The predicted octanol–water partition coefficient (Wildman–Crippen LogP) is 0.969. The zero-order valence-electron chi connectivity index (χ0n) is 10.9. The van der Waals surface area contributed by atoms with Crippen LogP contribution in [0.3, 0.4) is 0 Å². The molecule has 4 nitrogen and oxygen atoms in total. The van der Waals surface area contributed by atoms with E-state index in [1.807, 2.05) is 18.8 Å². The van der Waals surface area contributed by atoms with Crippen molar-refractivity contribution in [1.29, 1.82) is 0 Å². The lowest BCUT2D eigenvalue weighted by Gasteiger charge is -2.23. The Hall–Kier alpha value is -1.51. The van der Waals surface area contributed by atoms with Crippen LogP contribution >= 0.6 is 11.8 Å². The molecule has 1 aromatic rings. The van der Waals surface area contributed by atoms with E-state index in [2.05, 4.69) is 16.8 Å². The van der Waals surface area contributed by atoms with E-state index in [1.165, 1.54) is 0 Å². The van der Waals surface area contributed by atoms with Gasteiger partial charge < -0.3 is 10.6 Å². The van der Waals surface area contributed by atoms with Crippen LogP contribution in [0.2, 0.25) is 0 Å². The summed E-state index contributed by atoms with van der Waals surface area (Å²) in [6.07, 6.45) is 2.68. The van der Waals surface area contributed by atoms with Gasteiger partial charge >= 0.3 is 0 Å². The highest BCUT2D eigenvalue weighted by Crippen LogP contribution is 2.22. The number of aromatic nitrogens is 1. The minimum Gasteiger partial charge on any atom is -0.337 e. The molecule has 1 aliphatic rings. The third-order valence-electron chi connectivity index (χ3n) is 3.09. The second-order valence-corrected chi connectivity index (χ2v) is 5.52. The van der Waals surface area contributed by atoms with E-state index in [0.29, 0.717) is 18.3 Å². The smallest absolute Gasteiger partial charge is 0.272 e. The maximum atomic E-state index is 12.3. The van der Waals surface area contributed by atoms with Crippen LogP contribution in [0.5, 0.6) is 0 Å². The van der Waals surface area contributed by atoms with E-state index in [0.717, 1.165) is 23.5 Å². The number of amides is 1. The Morgan fingerprint density at radius 2 is 2.47 bits per heavy atom. The fraction of sp³-hybridized carbons (Fsp3) is 0.429. The summed E-state index contributed by atoms with van der Waals surface area (Å²) in [7, 11) is 1.85. The van der Waals surface area contributed by atoms with Gasteiger partial charge in [0.1, 0.15) is 5.69 Å². The number of carbonyl (C=O) groups is 1. The highest BCUT2D eigenvalue weighted by molar-refractivity contribution is 7.99. The molecule has 1 atom stereocenters. The quantitative estimate of drug-likeness (QED) is 0.817. The molecule has 1 aliphatic heterocycles. The summed E-state index contributed by atoms with van der Waals surface area (Å²) in [5.41, 5.74) is 6.56. The molecule has 2 rings (SSSR count). The number of hydrogen-bond acceptors (Lipinski definition) is 4. The first kappa shape index (κ1) is 13.9. The number of hydrogen-bond donors (Lipinski definition) is 1. The highest BCUT2D eigenvalue weighted by atomic mass is 32.2. The number of thioether (sulfide) groups is 1. The van der Waals surface area contributed by atoms with Crippen molar-refractivity contribution in [3.05, 3.63) is 29.6 Å². The van der Waals surface area contributed by atoms with Crippen LogP contribution < -0.4 is 5.73 Å². The van der Waals surface area contributed by atoms with Crippen LogP contribution in [-0.2, 0) is 0 Å². The van der Waals surface area contributed by atoms with Crippen molar-refractivity contribution in [3.63, 3.8) is 0 Å². The van der Waals surface area contributed by atoms with Gasteiger partial charge in [-0.1, -0.05) is 11.8 Å². The van der Waals surface area contributed by atoms with Gasteiger partial charge in [0.2, 0.25) is 0 Å². The van der Waals surface area contributed by atoms with Crippen LogP contribution in [0.1, 0.15) is 22.5 Å². The summed E-state index contributed by atoms with van der Waals surface area (Å²) in [6, 6.07) is 3.86. The summed E-state index contributed by atoms with van der Waals surface area (Å²) >= 11 is 1.89. The molecule has 5 heteroatoms. The lowest BCUT2D eigenvalue weighted by atomic mass is 10.2. The number of rotatable bonds is 2. The normalized spacial score (nSPS) is 17.7. The monoisotopic (exact) mass is 275 g/mol. The fourth-order valence-corrected chi connectivity index (χ4v) is 3.19. The molecule has 19 heavy (non-hydrogen) atoms. The van der Waals surface area contributed by atoms with Crippen LogP contribution in [0.25, 0.3) is 0 Å². The molecule has 2 heterocycles. The van der Waals surface area contributed by atoms with Crippen LogP contribution in [0.15, 0.2) is 18.3 Å². The van der Waals surface area contributed by atoms with E-state index in [9.17, 15) is 4.79 Å². The standard InChI is InChI=1S/C14H17N3OS/c1-17(12-6-8-19-10-12)14(18)13-5-4-11(9-16-13)3-2-7-15/h4-5,9,12H,6-8,10,15H2,1H3. The van der Waals surface area contributed by atoms with Gasteiger partial charge in [0.25, 0.3) is 5.91 Å². The van der Waals surface area contributed by atoms with E-state index in [4.69, 9.17) is 5.73 Å². The molecular weight excluding hydrogens is 258 g/mol. The van der Waals surface area contributed by atoms with E-state index >= 15 is 0 Å². The molecule has 0 spiro atoms. The number of pyridine rings is 1. The second kappa shape index (κ2) is 6.60. The Balaban J connectivity index is 2.06. The molecule has 2 N–H and O–H groups in total. The maximum Gasteiger partial charge on any atom is 0.272 e. The summed E-state index contributed by atoms with van der Waals surface area (Å²) in [4.78, 5) is 18.2. The first-order chi connectivity index (χ1) is 9.22. The molecule has 1 saturated heterocycles. The Bertz CT molecular complexity index is 498. The van der Waals surface area contributed by atoms with Gasteiger partial charge in [-0.2, -0.15) is 11.8 Å². The summed E-state index contributed by atoms with van der Waals surface area (Å²) in [5, 5.41) is 0. The van der Waals surface area contributed by atoms with Crippen molar-refractivity contribution in [2.45, 2.75) is 12.5 Å². The first-order valence-electron chi connectivity index (χ1n) is 6.22. The molecule has 1 aromatic heterocycles. The van der Waals surface area contributed by atoms with Crippen molar-refractivity contribution >= 4 is 17.7 Å². The molecule has 1 amide bonds. The molecule has 0 aliphatic carbocycles. The second-order valence-electron chi connectivity index (χ2n) is 4.37. The topological polar surface area (TPSA) is 59.2 Å². The number of nitrogens with two attached hydrogens (primary N) is 1. The first-order valence-corrected chi connectivity index (χ1v) is 7.37. The van der Waals surface area contributed by atoms with Crippen molar-refractivity contribution in [3.8, 4) is 11.8 Å². The summed E-state index contributed by atoms with van der Waals surface area (Å²) < 4.78 is 0. The van der Waals surface area contributed by atoms with Gasteiger partial charge in [0.05, 0.1) is 6.54 Å². The van der Waals surface area contributed by atoms with Gasteiger partial charge in [-0.05, 0) is 24.3 Å². The van der Waals surface area contributed by atoms with E-state index < -0.39 is 0 Å². The Morgan fingerprint density at radius 1 is 1.63 bits per heavy atom. The van der Waals surface area contributed by atoms with Gasteiger partial charge in [-0.15, -0.1) is 0 Å². The average molecular weight is 275 g/mol. The molecular formula is C14H17N3OS. The number of nitrogens with zero attached hydrogens (tertiary/aromatic N) is 2. The summed E-state index contributed by atoms with van der Waals surface area (Å²) in [5.74, 6) is 7.77. The van der Waals surface area contributed by atoms with Gasteiger partial charge in [-0.3, -0.25) is 4.79 Å². The van der Waals surface area contributed by atoms with Crippen molar-refractivity contribution < 1.29 is 4.79 Å². The van der Waals surface area contributed by atoms with Crippen molar-refractivity contribution in [1.82, 2.24) is 9.88 Å². The zero-order chi connectivity index (χ0) is 13.7. The third-order valence-corrected chi connectivity index (χ3v) is 4.24. The molecule has 0 radical (unpaired) electrons. The van der Waals surface area contributed by atoms with Crippen LogP contribution in [0, 0.1) is 11.8 Å². The fourth-order valence-electron chi connectivity index (χ4n) is 1.92. The molecule has 0 aromatic carbocycles. The third kappa shape index (κ3) is 3.49. The van der Waals surface area contributed by atoms with Crippen molar-refractivity contribution in [2.24, 2.45) is 5.73 Å². The molecule has 1 fully saturated rings. The van der Waals surface area contributed by atoms with Gasteiger partial charge in [0.15, 0.2) is 0 Å². The predicted molar refractivity (Wildman–Crippen MR) is 78.0 cm³/mol. The molecule has 0 saturated carbocycles. The van der Waals surface area contributed by atoms with E-state index in [1.54, 1.807) is 23.2 Å². The van der Waals surface area contributed by atoms with Gasteiger partial charge in [0, 0.05) is 30.6 Å². The minimum absolute atomic E-state index is 0.0224. The zero-order valence-corrected chi connectivity index (χ0v) is 11.7. The highest BCUT2D eigenvalue weighted by Gasteiger charge is 2.25. The Morgan fingerprint density at radius 3 is 3.05 bits per heavy atom. The van der Waals surface area contributed by atoms with Gasteiger partial charge in [-0.25, -0.2) is 4.98 Å². The molecule has 0 bridgehead atoms. The Labute approximate surface area is 117 Å². The summed E-state index contributed by atoms with van der Waals surface area (Å²) in [6.45, 7) is 0.322. The van der Waals surface area contributed by atoms with E-state index in [-0.39, 0.29) is 5.91 Å². The maximum absolute atomic E-state index is 12.3. The van der Waals surface area contributed by atoms with Crippen LogP contribution in [-0.4, -0.2) is 46.9 Å². The van der Waals surface area contributed by atoms with Crippen LogP contribution in [0.4, 0.5) is 0 Å². The largest absolute Gasteiger partial charge is 0.337 e. The number of carbonyl (C=O) groups excluding carboxylic acids is 1. The SMILES string of the molecule is CN(C(=O)c1ccc(C#CCN)cn1)C1CCSC1. The lowest BCUT2D eigenvalue weighted by Crippen LogP contribution is -2.37. The average Bonchev–Trinajstić information content (AvgIpc) is 2.98. The lowest BCUT2D eigenvalue weighted by molar-refractivity contribution is 0.0742.